The highest BCUT2D eigenvalue weighted by atomic mass is 16.5. The van der Waals surface area contributed by atoms with Crippen molar-refractivity contribution in [2.45, 2.75) is 6.61 Å². The Balaban J connectivity index is 1.68. The maximum absolute atomic E-state index is 11.4. The molecule has 0 aromatic heterocycles. The van der Waals surface area contributed by atoms with Gasteiger partial charge in [0.05, 0.1) is 5.92 Å². The molecule has 1 aromatic rings. The summed E-state index contributed by atoms with van der Waals surface area (Å²) in [6.45, 7) is 1.01. The van der Waals surface area contributed by atoms with Gasteiger partial charge in [-0.1, -0.05) is 30.3 Å². The first-order valence-electron chi connectivity index (χ1n) is 5.73. The summed E-state index contributed by atoms with van der Waals surface area (Å²) in [6.07, 6.45) is -0.515. The van der Waals surface area contributed by atoms with Crippen LogP contribution in [0.4, 0.5) is 4.79 Å². The third-order valence-corrected chi connectivity index (χ3v) is 2.64. The molecule has 1 aromatic carbocycles. The zero-order valence-electron chi connectivity index (χ0n) is 9.81. The van der Waals surface area contributed by atoms with Crippen LogP contribution in [-0.4, -0.2) is 25.1 Å². The fraction of sp³-hybridized carbons (Fsp3) is 0.333. The lowest BCUT2D eigenvalue weighted by molar-refractivity contribution is -0.122. The van der Waals surface area contributed by atoms with Crippen LogP contribution in [-0.2, 0) is 16.1 Å². The van der Waals surface area contributed by atoms with Crippen molar-refractivity contribution in [1.29, 1.82) is 0 Å². The van der Waals surface area contributed by atoms with E-state index in [4.69, 9.17) is 4.74 Å². The minimum absolute atomic E-state index is 0.113. The second-order valence-electron chi connectivity index (χ2n) is 4.01. The number of amides is 2. The summed E-state index contributed by atoms with van der Waals surface area (Å²) in [5.41, 5.74) is 6.11. The van der Waals surface area contributed by atoms with Gasteiger partial charge in [0, 0.05) is 13.1 Å². The van der Waals surface area contributed by atoms with Gasteiger partial charge in [0.2, 0.25) is 5.91 Å². The minimum atomic E-state index is -0.515. The van der Waals surface area contributed by atoms with Gasteiger partial charge in [-0.2, -0.15) is 0 Å². The lowest BCUT2D eigenvalue weighted by Crippen LogP contribution is -2.34. The summed E-state index contributed by atoms with van der Waals surface area (Å²) in [4.78, 5) is 22.6. The van der Waals surface area contributed by atoms with Crippen LogP contribution in [0.15, 0.2) is 30.3 Å². The number of benzene rings is 1. The molecule has 6 nitrogen and oxygen atoms in total. The van der Waals surface area contributed by atoms with Crippen LogP contribution in [0.3, 0.4) is 0 Å². The molecule has 1 aliphatic rings. The molecule has 18 heavy (non-hydrogen) atoms. The second kappa shape index (κ2) is 6.02. The van der Waals surface area contributed by atoms with Crippen LogP contribution in [0.2, 0.25) is 0 Å². The lowest BCUT2D eigenvalue weighted by atomic mass is 10.1. The van der Waals surface area contributed by atoms with E-state index in [1.807, 2.05) is 30.3 Å². The number of hydrogen-bond acceptors (Lipinski definition) is 4. The number of hydrogen-bond donors (Lipinski definition) is 3. The van der Waals surface area contributed by atoms with Crippen LogP contribution in [0.25, 0.3) is 0 Å². The Morgan fingerprint density at radius 2 is 2.17 bits per heavy atom. The molecule has 1 fully saturated rings. The Labute approximate surface area is 105 Å². The number of hydrazine groups is 1. The summed E-state index contributed by atoms with van der Waals surface area (Å²) >= 11 is 0. The topological polar surface area (TPSA) is 79.5 Å². The van der Waals surface area contributed by atoms with Crippen molar-refractivity contribution in [1.82, 2.24) is 16.2 Å². The largest absolute Gasteiger partial charge is 0.445 e. The van der Waals surface area contributed by atoms with Gasteiger partial charge in [0.15, 0.2) is 0 Å². The molecule has 6 heteroatoms. The van der Waals surface area contributed by atoms with E-state index in [2.05, 4.69) is 16.2 Å². The van der Waals surface area contributed by atoms with Crippen molar-refractivity contribution < 1.29 is 14.3 Å². The number of carbonyl (C=O) groups excluding carboxylic acids is 2. The summed E-state index contributed by atoms with van der Waals surface area (Å²) in [5, 5.41) is 2.56. The normalized spacial score (nSPS) is 18.2. The van der Waals surface area contributed by atoms with Crippen molar-refractivity contribution in [3.8, 4) is 0 Å². The SMILES string of the molecule is O=C(NCC1CNNC1=O)OCc1ccccc1. The van der Waals surface area contributed by atoms with Crippen molar-refractivity contribution in [2.24, 2.45) is 5.92 Å². The van der Waals surface area contributed by atoms with Gasteiger partial charge in [-0.25, -0.2) is 10.2 Å². The van der Waals surface area contributed by atoms with E-state index in [-0.39, 0.29) is 25.0 Å². The summed E-state index contributed by atoms with van der Waals surface area (Å²) in [6, 6.07) is 9.41. The first-order valence-corrected chi connectivity index (χ1v) is 5.73. The van der Waals surface area contributed by atoms with Gasteiger partial charge in [-0.15, -0.1) is 0 Å². The minimum Gasteiger partial charge on any atom is -0.445 e. The summed E-state index contributed by atoms with van der Waals surface area (Å²) < 4.78 is 5.02. The van der Waals surface area contributed by atoms with Gasteiger partial charge in [0.25, 0.3) is 0 Å². The maximum atomic E-state index is 11.4. The molecule has 3 N–H and O–H groups in total. The van der Waals surface area contributed by atoms with Crippen molar-refractivity contribution in [3.05, 3.63) is 35.9 Å². The van der Waals surface area contributed by atoms with Crippen molar-refractivity contribution in [3.63, 3.8) is 0 Å². The van der Waals surface area contributed by atoms with Gasteiger partial charge in [0.1, 0.15) is 6.61 Å². The van der Waals surface area contributed by atoms with E-state index < -0.39 is 6.09 Å². The molecule has 1 heterocycles. The number of ether oxygens (including phenoxy) is 1. The first kappa shape index (κ1) is 12.4. The number of carbonyl (C=O) groups is 2. The molecule has 1 unspecified atom stereocenters. The van der Waals surface area contributed by atoms with Gasteiger partial charge >= 0.3 is 6.09 Å². The van der Waals surface area contributed by atoms with Crippen LogP contribution < -0.4 is 16.2 Å². The Morgan fingerprint density at radius 1 is 1.39 bits per heavy atom. The third kappa shape index (κ3) is 3.46. The Bertz CT molecular complexity index is 422. The van der Waals surface area contributed by atoms with E-state index in [0.29, 0.717) is 6.54 Å². The molecule has 2 rings (SSSR count). The van der Waals surface area contributed by atoms with Gasteiger partial charge in [-0.05, 0) is 5.56 Å². The van der Waals surface area contributed by atoms with Crippen molar-refractivity contribution >= 4 is 12.0 Å². The highest BCUT2D eigenvalue weighted by Gasteiger charge is 2.24. The molecule has 1 atom stereocenters. The quantitative estimate of drug-likeness (QED) is 0.710. The number of nitrogens with one attached hydrogen (secondary N) is 3. The van der Waals surface area contributed by atoms with E-state index in [1.54, 1.807) is 0 Å². The molecule has 0 radical (unpaired) electrons. The second-order valence-corrected chi connectivity index (χ2v) is 4.01. The molecule has 2 amide bonds. The van der Waals surface area contributed by atoms with Crippen LogP contribution >= 0.6 is 0 Å². The average Bonchev–Trinajstić information content (AvgIpc) is 2.81. The van der Waals surface area contributed by atoms with E-state index in [1.165, 1.54) is 0 Å². The maximum Gasteiger partial charge on any atom is 0.407 e. The Kier molecular flexibility index (Phi) is 4.14. The smallest absolute Gasteiger partial charge is 0.407 e. The fourth-order valence-electron chi connectivity index (χ4n) is 1.60. The number of alkyl carbamates (subject to hydrolysis) is 1. The summed E-state index contributed by atoms with van der Waals surface area (Å²) in [7, 11) is 0. The molecule has 1 aliphatic heterocycles. The highest BCUT2D eigenvalue weighted by Crippen LogP contribution is 2.01. The summed E-state index contributed by atoms with van der Waals surface area (Å²) in [5.74, 6) is -0.354. The molecule has 0 bridgehead atoms. The van der Waals surface area contributed by atoms with E-state index in [0.717, 1.165) is 5.56 Å². The van der Waals surface area contributed by atoms with E-state index in [9.17, 15) is 9.59 Å². The Morgan fingerprint density at radius 3 is 2.83 bits per heavy atom. The molecule has 0 saturated carbocycles. The van der Waals surface area contributed by atoms with Gasteiger partial charge < -0.3 is 10.1 Å². The standard InChI is InChI=1S/C12H15N3O3/c16-11-10(7-14-15-11)6-13-12(17)18-8-9-4-2-1-3-5-9/h1-5,10,14H,6-8H2,(H,13,17)(H,15,16). The molecule has 1 saturated heterocycles. The molecule has 0 aliphatic carbocycles. The highest BCUT2D eigenvalue weighted by molar-refractivity contribution is 5.81. The molecular weight excluding hydrogens is 234 g/mol. The van der Waals surface area contributed by atoms with E-state index >= 15 is 0 Å². The third-order valence-electron chi connectivity index (χ3n) is 2.64. The zero-order chi connectivity index (χ0) is 12.8. The molecule has 96 valence electrons. The van der Waals surface area contributed by atoms with Crippen LogP contribution in [0, 0.1) is 5.92 Å². The Hall–Kier alpha value is -2.08. The number of rotatable bonds is 4. The van der Waals surface area contributed by atoms with Crippen molar-refractivity contribution in [2.75, 3.05) is 13.1 Å². The van der Waals surface area contributed by atoms with Crippen LogP contribution in [0.1, 0.15) is 5.56 Å². The first-order chi connectivity index (χ1) is 8.75. The average molecular weight is 249 g/mol. The molecular formula is C12H15N3O3. The van der Waals surface area contributed by atoms with Crippen LogP contribution in [0.5, 0.6) is 0 Å². The fourth-order valence-corrected chi connectivity index (χ4v) is 1.60. The monoisotopic (exact) mass is 249 g/mol. The zero-order valence-corrected chi connectivity index (χ0v) is 9.81. The lowest BCUT2D eigenvalue weighted by Gasteiger charge is -2.09. The predicted octanol–water partition coefficient (Wildman–Crippen LogP) is 0.163. The molecule has 0 spiro atoms. The van der Waals surface area contributed by atoms with Gasteiger partial charge in [-0.3, -0.25) is 10.2 Å². The predicted molar refractivity (Wildman–Crippen MR) is 64.3 cm³/mol.